The standard InChI is InChI=1S/C17H19ClN4O2/c18-13-3-1-11(2-4-13)16-9-22-8-14(5-15(22)10-24-16)21-17(23)12-6-19-20-7-12/h1-4,6-7,14-16H,5,8-10H2,(H,19,20)(H,21,23)/t14-,15+,16-/m1/s1. The Morgan fingerprint density at radius 2 is 2.17 bits per heavy atom. The second-order valence-corrected chi connectivity index (χ2v) is 6.81. The maximum absolute atomic E-state index is 12.2. The molecule has 2 aliphatic rings. The highest BCUT2D eigenvalue weighted by Gasteiger charge is 2.38. The average Bonchev–Trinajstić information content (AvgIpc) is 3.24. The average molecular weight is 347 g/mol. The summed E-state index contributed by atoms with van der Waals surface area (Å²) in [4.78, 5) is 14.6. The first kappa shape index (κ1) is 15.6. The van der Waals surface area contributed by atoms with Gasteiger partial charge < -0.3 is 10.1 Å². The van der Waals surface area contributed by atoms with E-state index in [9.17, 15) is 4.79 Å². The summed E-state index contributed by atoms with van der Waals surface area (Å²) < 4.78 is 6.03. The maximum Gasteiger partial charge on any atom is 0.254 e. The molecule has 1 aromatic carbocycles. The fraction of sp³-hybridized carbons (Fsp3) is 0.412. The number of H-pyrrole nitrogens is 1. The summed E-state index contributed by atoms with van der Waals surface area (Å²) >= 11 is 5.95. The van der Waals surface area contributed by atoms with E-state index in [2.05, 4.69) is 20.4 Å². The van der Waals surface area contributed by atoms with E-state index in [4.69, 9.17) is 16.3 Å². The van der Waals surface area contributed by atoms with Crippen molar-refractivity contribution in [3.8, 4) is 0 Å². The van der Waals surface area contributed by atoms with Gasteiger partial charge in [0.05, 0.1) is 24.5 Å². The lowest BCUT2D eigenvalue weighted by atomic mass is 10.1. The molecular formula is C17H19ClN4O2. The number of nitrogens with zero attached hydrogens (tertiary/aromatic N) is 2. The molecule has 2 fully saturated rings. The number of halogens is 1. The molecule has 2 aromatic rings. The fourth-order valence-corrected chi connectivity index (χ4v) is 3.63. The second-order valence-electron chi connectivity index (χ2n) is 6.37. The van der Waals surface area contributed by atoms with Crippen LogP contribution >= 0.6 is 11.6 Å². The highest BCUT2D eigenvalue weighted by atomic mass is 35.5. The van der Waals surface area contributed by atoms with Gasteiger partial charge in [0.2, 0.25) is 0 Å². The summed E-state index contributed by atoms with van der Waals surface area (Å²) in [7, 11) is 0. The van der Waals surface area contributed by atoms with Gasteiger partial charge in [0.25, 0.3) is 5.91 Å². The van der Waals surface area contributed by atoms with E-state index in [1.807, 2.05) is 24.3 Å². The van der Waals surface area contributed by atoms with Gasteiger partial charge in [0.15, 0.2) is 0 Å². The minimum Gasteiger partial charge on any atom is -0.371 e. The normalized spacial score (nSPS) is 27.0. The highest BCUT2D eigenvalue weighted by Crippen LogP contribution is 2.30. The third-order valence-corrected chi connectivity index (χ3v) is 5.01. The molecule has 7 heteroatoms. The van der Waals surface area contributed by atoms with Crippen molar-refractivity contribution in [2.24, 2.45) is 0 Å². The molecule has 0 spiro atoms. The van der Waals surface area contributed by atoms with Crippen molar-refractivity contribution in [1.29, 1.82) is 0 Å². The molecule has 0 aliphatic carbocycles. The highest BCUT2D eigenvalue weighted by molar-refractivity contribution is 6.30. The zero-order valence-corrected chi connectivity index (χ0v) is 13.9. The lowest BCUT2D eigenvalue weighted by Gasteiger charge is -2.35. The first-order valence-electron chi connectivity index (χ1n) is 8.10. The second kappa shape index (κ2) is 6.55. The number of ether oxygens (including phenoxy) is 1. The molecule has 2 saturated heterocycles. The number of hydrogen-bond donors (Lipinski definition) is 2. The van der Waals surface area contributed by atoms with Crippen molar-refractivity contribution in [3.05, 3.63) is 52.8 Å². The number of fused-ring (bicyclic) bond motifs is 1. The number of nitrogens with one attached hydrogen (secondary N) is 2. The minimum absolute atomic E-state index is 0.0573. The monoisotopic (exact) mass is 346 g/mol. The summed E-state index contributed by atoms with van der Waals surface area (Å²) in [6.07, 6.45) is 4.12. The molecule has 4 rings (SSSR count). The smallest absolute Gasteiger partial charge is 0.254 e. The van der Waals surface area contributed by atoms with Gasteiger partial charge in [-0.15, -0.1) is 0 Å². The van der Waals surface area contributed by atoms with Gasteiger partial charge in [-0.2, -0.15) is 5.10 Å². The van der Waals surface area contributed by atoms with Crippen molar-refractivity contribution < 1.29 is 9.53 Å². The molecule has 0 bridgehead atoms. The van der Waals surface area contributed by atoms with Crippen molar-refractivity contribution in [1.82, 2.24) is 20.4 Å². The van der Waals surface area contributed by atoms with Crippen LogP contribution < -0.4 is 5.32 Å². The number of carbonyl (C=O) groups is 1. The van der Waals surface area contributed by atoms with Crippen LogP contribution in [-0.4, -0.2) is 52.8 Å². The van der Waals surface area contributed by atoms with Gasteiger partial charge in [-0.05, 0) is 24.1 Å². The lowest BCUT2D eigenvalue weighted by Crippen LogP contribution is -2.43. The molecule has 2 N–H and O–H groups in total. The van der Waals surface area contributed by atoms with Gasteiger partial charge in [-0.3, -0.25) is 14.8 Å². The van der Waals surface area contributed by atoms with E-state index in [1.54, 1.807) is 6.20 Å². The van der Waals surface area contributed by atoms with E-state index in [0.717, 1.165) is 30.1 Å². The van der Waals surface area contributed by atoms with Crippen LogP contribution in [0.25, 0.3) is 0 Å². The number of aromatic amines is 1. The summed E-state index contributed by atoms with van der Waals surface area (Å²) in [6.45, 7) is 2.37. The predicted octanol–water partition coefficient (Wildman–Crippen LogP) is 2.01. The Balaban J connectivity index is 1.37. The maximum atomic E-state index is 12.2. The Kier molecular flexibility index (Phi) is 4.26. The molecular weight excluding hydrogens is 328 g/mol. The van der Waals surface area contributed by atoms with Crippen molar-refractivity contribution in [2.45, 2.75) is 24.6 Å². The van der Waals surface area contributed by atoms with Gasteiger partial charge in [0, 0.05) is 36.4 Å². The van der Waals surface area contributed by atoms with Crippen LogP contribution in [0.4, 0.5) is 0 Å². The van der Waals surface area contributed by atoms with E-state index < -0.39 is 0 Å². The zero-order chi connectivity index (χ0) is 16.5. The van der Waals surface area contributed by atoms with Gasteiger partial charge in [-0.1, -0.05) is 23.7 Å². The number of amides is 1. The molecule has 3 heterocycles. The van der Waals surface area contributed by atoms with Gasteiger partial charge in [-0.25, -0.2) is 0 Å². The number of benzene rings is 1. The Labute approximate surface area is 145 Å². The molecule has 0 radical (unpaired) electrons. The molecule has 2 aliphatic heterocycles. The van der Waals surface area contributed by atoms with Crippen molar-refractivity contribution in [3.63, 3.8) is 0 Å². The predicted molar refractivity (Wildman–Crippen MR) is 90.0 cm³/mol. The van der Waals surface area contributed by atoms with E-state index in [1.165, 1.54) is 6.20 Å². The summed E-state index contributed by atoms with van der Waals surface area (Å²) in [5, 5.41) is 10.3. The minimum atomic E-state index is -0.0798. The summed E-state index contributed by atoms with van der Waals surface area (Å²) in [5.74, 6) is -0.0798. The topological polar surface area (TPSA) is 70.2 Å². The number of aromatic nitrogens is 2. The lowest BCUT2D eigenvalue weighted by molar-refractivity contribution is -0.0502. The van der Waals surface area contributed by atoms with E-state index in [0.29, 0.717) is 18.2 Å². The van der Waals surface area contributed by atoms with Crippen molar-refractivity contribution in [2.75, 3.05) is 19.7 Å². The van der Waals surface area contributed by atoms with Crippen LogP contribution in [0.3, 0.4) is 0 Å². The van der Waals surface area contributed by atoms with Crippen LogP contribution in [-0.2, 0) is 4.74 Å². The van der Waals surface area contributed by atoms with E-state index in [-0.39, 0.29) is 18.1 Å². The molecule has 3 atom stereocenters. The van der Waals surface area contributed by atoms with Crippen LogP contribution in [0, 0.1) is 0 Å². The third-order valence-electron chi connectivity index (χ3n) is 4.76. The van der Waals surface area contributed by atoms with Gasteiger partial charge in [0.1, 0.15) is 0 Å². The molecule has 0 saturated carbocycles. The van der Waals surface area contributed by atoms with Crippen molar-refractivity contribution >= 4 is 17.5 Å². The molecule has 0 unspecified atom stereocenters. The fourth-order valence-electron chi connectivity index (χ4n) is 3.50. The Morgan fingerprint density at radius 1 is 1.33 bits per heavy atom. The Bertz CT molecular complexity index is 704. The summed E-state index contributed by atoms with van der Waals surface area (Å²) in [6, 6.07) is 8.32. The third kappa shape index (κ3) is 3.17. The number of morpholine rings is 1. The quantitative estimate of drug-likeness (QED) is 0.892. The number of carbonyl (C=O) groups excluding carboxylic acids is 1. The van der Waals surface area contributed by atoms with E-state index >= 15 is 0 Å². The molecule has 126 valence electrons. The number of rotatable bonds is 3. The van der Waals surface area contributed by atoms with Crippen LogP contribution in [0.5, 0.6) is 0 Å². The first-order chi connectivity index (χ1) is 11.7. The Morgan fingerprint density at radius 3 is 2.92 bits per heavy atom. The van der Waals surface area contributed by atoms with Crippen LogP contribution in [0.15, 0.2) is 36.7 Å². The SMILES string of the molecule is O=C(N[C@@H]1C[C@H]2CO[C@@H](c3ccc(Cl)cc3)CN2C1)c1cn[nH]c1. The number of hydrogen-bond acceptors (Lipinski definition) is 4. The zero-order valence-electron chi connectivity index (χ0n) is 13.1. The summed E-state index contributed by atoms with van der Waals surface area (Å²) in [5.41, 5.74) is 1.71. The Hall–Kier alpha value is -1.89. The van der Waals surface area contributed by atoms with Gasteiger partial charge >= 0.3 is 0 Å². The molecule has 6 nitrogen and oxygen atoms in total. The largest absolute Gasteiger partial charge is 0.371 e. The first-order valence-corrected chi connectivity index (χ1v) is 8.47. The van der Waals surface area contributed by atoms with Crippen LogP contribution in [0.2, 0.25) is 5.02 Å². The van der Waals surface area contributed by atoms with Crippen LogP contribution in [0.1, 0.15) is 28.4 Å². The molecule has 24 heavy (non-hydrogen) atoms. The molecule has 1 amide bonds. The molecule has 1 aromatic heterocycles.